The molecule has 1 aromatic carbocycles. The molecule has 2 aliphatic carbocycles. The predicted octanol–water partition coefficient (Wildman–Crippen LogP) is 4.72. The van der Waals surface area contributed by atoms with Crippen molar-refractivity contribution in [1.82, 2.24) is 20.5 Å². The Morgan fingerprint density at radius 2 is 1.89 bits per heavy atom. The number of aromatic nitrogens is 3. The van der Waals surface area contributed by atoms with E-state index in [1.165, 1.54) is 6.07 Å². The van der Waals surface area contributed by atoms with Gasteiger partial charge in [0.05, 0.1) is 17.0 Å². The van der Waals surface area contributed by atoms with Crippen molar-refractivity contribution in [2.24, 2.45) is 0 Å². The van der Waals surface area contributed by atoms with Gasteiger partial charge in [-0.3, -0.25) is 4.98 Å². The van der Waals surface area contributed by atoms with Crippen LogP contribution in [0.1, 0.15) is 56.8 Å². The van der Waals surface area contributed by atoms with Crippen LogP contribution >= 0.6 is 0 Å². The number of pyridine rings is 1. The van der Waals surface area contributed by atoms with Crippen LogP contribution in [0.5, 0.6) is 0 Å². The second kappa shape index (κ2) is 9.24. The molecule has 2 heterocycles. The summed E-state index contributed by atoms with van der Waals surface area (Å²) in [5.74, 6) is 0.143. The van der Waals surface area contributed by atoms with Gasteiger partial charge in [-0.2, -0.15) is 0 Å². The number of nitrogens with zero attached hydrogens (tertiary/aromatic N) is 3. The minimum Gasteiger partial charge on any atom is -0.390 e. The number of alkyl halides is 1. The van der Waals surface area contributed by atoms with Crippen LogP contribution < -0.4 is 10.6 Å². The maximum Gasteiger partial charge on any atom is 0.148 e. The maximum absolute atomic E-state index is 14.4. The van der Waals surface area contributed by atoms with E-state index in [-0.39, 0.29) is 18.9 Å². The maximum atomic E-state index is 14.4. The third kappa shape index (κ3) is 5.04. The van der Waals surface area contributed by atoms with Crippen molar-refractivity contribution in [3.8, 4) is 11.3 Å². The fraction of sp³-hybridized carbons (Fsp3) is 0.444. The summed E-state index contributed by atoms with van der Waals surface area (Å²) in [5.41, 5.74) is 1.91. The number of halogens is 2. The molecule has 0 bridgehead atoms. The van der Waals surface area contributed by atoms with Crippen LogP contribution in [0.25, 0.3) is 11.3 Å². The van der Waals surface area contributed by atoms with Gasteiger partial charge in [-0.25, -0.2) is 8.78 Å². The van der Waals surface area contributed by atoms with Gasteiger partial charge in [-0.15, -0.1) is 10.2 Å². The second-order valence-corrected chi connectivity index (χ2v) is 10.4. The SMILES string of the molecule is CC(NC1CC(C)(O)C1)c1cccc(-c2ccc(NC[C@]3(c4ncccc4F)C[C@H](F)C3)nn2)c1. The molecule has 5 rings (SSSR count). The van der Waals surface area contributed by atoms with Crippen molar-refractivity contribution in [3.05, 3.63) is 71.8 Å². The number of aliphatic hydroxyl groups is 1. The fourth-order valence-corrected chi connectivity index (χ4v) is 5.36. The number of nitrogens with one attached hydrogen (secondary N) is 2. The Balaban J connectivity index is 1.24. The first-order chi connectivity index (χ1) is 16.7. The van der Waals surface area contributed by atoms with E-state index in [9.17, 15) is 13.9 Å². The zero-order valence-corrected chi connectivity index (χ0v) is 20.0. The third-order valence-corrected chi connectivity index (χ3v) is 7.30. The van der Waals surface area contributed by atoms with E-state index in [0.29, 0.717) is 24.1 Å². The Morgan fingerprint density at radius 3 is 2.54 bits per heavy atom. The zero-order valence-electron chi connectivity index (χ0n) is 20.0. The Morgan fingerprint density at radius 1 is 1.09 bits per heavy atom. The van der Waals surface area contributed by atoms with E-state index in [4.69, 9.17) is 0 Å². The first-order valence-electron chi connectivity index (χ1n) is 12.1. The minimum absolute atomic E-state index is 0.148. The van der Waals surface area contributed by atoms with E-state index in [0.717, 1.165) is 29.7 Å². The second-order valence-electron chi connectivity index (χ2n) is 10.4. The highest BCUT2D eigenvalue weighted by Gasteiger charge is 2.48. The molecule has 0 radical (unpaired) electrons. The molecule has 6 nitrogen and oxygen atoms in total. The number of hydrogen-bond donors (Lipinski definition) is 3. The predicted molar refractivity (Wildman–Crippen MR) is 131 cm³/mol. The smallest absolute Gasteiger partial charge is 0.148 e. The van der Waals surface area contributed by atoms with Gasteiger partial charge in [0.15, 0.2) is 0 Å². The fourth-order valence-electron chi connectivity index (χ4n) is 5.36. The number of anilines is 1. The van der Waals surface area contributed by atoms with Crippen LogP contribution in [0, 0.1) is 5.82 Å². The normalized spacial score (nSPS) is 28.6. The Bertz CT molecular complexity index is 1170. The van der Waals surface area contributed by atoms with Gasteiger partial charge >= 0.3 is 0 Å². The van der Waals surface area contributed by atoms with Crippen molar-refractivity contribution < 1.29 is 13.9 Å². The molecule has 1 atom stereocenters. The van der Waals surface area contributed by atoms with Crippen molar-refractivity contribution in [2.75, 3.05) is 11.9 Å². The van der Waals surface area contributed by atoms with Gasteiger partial charge in [-0.1, -0.05) is 18.2 Å². The largest absolute Gasteiger partial charge is 0.390 e. The van der Waals surface area contributed by atoms with E-state index < -0.39 is 23.0 Å². The summed E-state index contributed by atoms with van der Waals surface area (Å²) in [6.07, 6.45) is 2.58. The Labute approximate surface area is 204 Å². The summed E-state index contributed by atoms with van der Waals surface area (Å²) >= 11 is 0. The summed E-state index contributed by atoms with van der Waals surface area (Å²) in [7, 11) is 0. The number of benzene rings is 1. The molecule has 0 spiro atoms. The highest BCUT2D eigenvalue weighted by molar-refractivity contribution is 5.60. The van der Waals surface area contributed by atoms with Crippen LogP contribution in [0.2, 0.25) is 0 Å². The molecule has 0 amide bonds. The molecule has 1 unspecified atom stereocenters. The van der Waals surface area contributed by atoms with E-state index >= 15 is 0 Å². The van der Waals surface area contributed by atoms with Crippen LogP contribution in [0.15, 0.2) is 54.7 Å². The van der Waals surface area contributed by atoms with Crippen LogP contribution in [0.3, 0.4) is 0 Å². The molecular formula is C27H31F2N5O. The molecule has 2 saturated carbocycles. The molecule has 2 aliphatic rings. The van der Waals surface area contributed by atoms with Gasteiger partial charge in [0.1, 0.15) is 17.8 Å². The summed E-state index contributed by atoms with van der Waals surface area (Å²) in [6, 6.07) is 15.3. The summed E-state index contributed by atoms with van der Waals surface area (Å²) in [4.78, 5) is 4.19. The average molecular weight is 480 g/mol. The first-order valence-corrected chi connectivity index (χ1v) is 12.1. The van der Waals surface area contributed by atoms with Gasteiger partial charge in [0.25, 0.3) is 0 Å². The topological polar surface area (TPSA) is 83.0 Å². The molecule has 3 N–H and O–H groups in total. The van der Waals surface area contributed by atoms with E-state index in [2.05, 4.69) is 44.9 Å². The lowest BCUT2D eigenvalue weighted by molar-refractivity contribution is -0.0413. The van der Waals surface area contributed by atoms with Gasteiger partial charge in [0, 0.05) is 35.8 Å². The van der Waals surface area contributed by atoms with Gasteiger partial charge < -0.3 is 15.7 Å². The lowest BCUT2D eigenvalue weighted by atomic mass is 9.65. The molecule has 0 saturated heterocycles. The molecule has 35 heavy (non-hydrogen) atoms. The summed E-state index contributed by atoms with van der Waals surface area (Å²) in [5, 5.41) is 25.4. The standard InChI is InChI=1S/C27H31F2N5O/c1-17(32-21-14-26(2,35)15-21)18-5-3-6-19(11-18)23-8-9-24(34-33-23)31-16-27(12-20(28)13-27)25-22(29)7-4-10-30-25/h3-11,17,20-21,32,35H,12-16H2,1-2H3,(H,31,34)/t17?,20-,21?,26?,27-. The Hall–Kier alpha value is -2.97. The monoisotopic (exact) mass is 479 g/mol. The first kappa shape index (κ1) is 23.8. The van der Waals surface area contributed by atoms with Gasteiger partial charge in [-0.05, 0) is 75.4 Å². The summed E-state index contributed by atoms with van der Waals surface area (Å²) in [6.45, 7) is 4.32. The highest BCUT2D eigenvalue weighted by Crippen LogP contribution is 2.45. The van der Waals surface area contributed by atoms with Gasteiger partial charge in [0.2, 0.25) is 0 Å². The van der Waals surface area contributed by atoms with E-state index in [1.807, 2.05) is 31.2 Å². The average Bonchev–Trinajstić information content (AvgIpc) is 2.81. The molecular weight excluding hydrogens is 448 g/mol. The number of rotatable bonds is 8. The zero-order chi connectivity index (χ0) is 24.6. The highest BCUT2D eigenvalue weighted by atomic mass is 19.1. The van der Waals surface area contributed by atoms with Crippen molar-refractivity contribution in [1.29, 1.82) is 0 Å². The molecule has 3 aromatic rings. The molecule has 8 heteroatoms. The molecule has 2 aromatic heterocycles. The van der Waals surface area contributed by atoms with Crippen molar-refractivity contribution in [2.45, 2.75) is 68.8 Å². The molecule has 184 valence electrons. The van der Waals surface area contributed by atoms with Crippen LogP contribution in [-0.4, -0.2) is 44.6 Å². The van der Waals surface area contributed by atoms with Crippen molar-refractivity contribution >= 4 is 5.82 Å². The van der Waals surface area contributed by atoms with Crippen molar-refractivity contribution in [3.63, 3.8) is 0 Å². The lowest BCUT2D eigenvalue weighted by Crippen LogP contribution is -2.52. The molecule has 2 fully saturated rings. The minimum atomic E-state index is -0.951. The lowest BCUT2D eigenvalue weighted by Gasteiger charge is -2.44. The third-order valence-electron chi connectivity index (χ3n) is 7.30. The van der Waals surface area contributed by atoms with Crippen LogP contribution in [-0.2, 0) is 5.41 Å². The Kier molecular flexibility index (Phi) is 6.27. The number of hydrogen-bond acceptors (Lipinski definition) is 6. The molecule has 0 aliphatic heterocycles. The van der Waals surface area contributed by atoms with E-state index in [1.54, 1.807) is 12.3 Å². The summed E-state index contributed by atoms with van der Waals surface area (Å²) < 4.78 is 28.2. The quantitative estimate of drug-likeness (QED) is 0.434. The van der Waals surface area contributed by atoms with Crippen LogP contribution in [0.4, 0.5) is 14.6 Å².